The number of ketones is 1. The van der Waals surface area contributed by atoms with Gasteiger partial charge in [-0.15, -0.1) is 0 Å². The number of methoxy groups -OCH3 is 2. The summed E-state index contributed by atoms with van der Waals surface area (Å²) in [5.74, 6) is 1.85. The summed E-state index contributed by atoms with van der Waals surface area (Å²) in [7, 11) is 3.19. The van der Waals surface area contributed by atoms with E-state index in [0.29, 0.717) is 23.3 Å². The highest BCUT2D eigenvalue weighted by Gasteiger charge is 2.22. The fraction of sp³-hybridized carbons (Fsp3) is 0.318. The summed E-state index contributed by atoms with van der Waals surface area (Å²) in [6, 6.07) is 13.8. The lowest BCUT2D eigenvalue weighted by Gasteiger charge is -2.35. The number of benzene rings is 2. The van der Waals surface area contributed by atoms with E-state index in [2.05, 4.69) is 19.9 Å². The highest BCUT2D eigenvalue weighted by atomic mass is 16.5. The van der Waals surface area contributed by atoms with Crippen LogP contribution in [0.15, 0.2) is 47.0 Å². The molecule has 2 heterocycles. The van der Waals surface area contributed by atoms with Gasteiger partial charge in [0.25, 0.3) is 0 Å². The van der Waals surface area contributed by atoms with Gasteiger partial charge in [0.15, 0.2) is 17.3 Å². The number of aromatic nitrogens is 2. The minimum atomic E-state index is 0.0769. The second-order valence-corrected chi connectivity index (χ2v) is 7.05. The van der Waals surface area contributed by atoms with Gasteiger partial charge < -0.3 is 23.8 Å². The molecular formula is C22H24N4O4. The van der Waals surface area contributed by atoms with Gasteiger partial charge >= 0.3 is 6.01 Å². The van der Waals surface area contributed by atoms with E-state index < -0.39 is 0 Å². The normalized spacial score (nSPS) is 14.0. The molecule has 1 aliphatic heterocycles. The molecule has 0 N–H and O–H groups in total. The molecule has 0 spiro atoms. The average molecular weight is 408 g/mol. The fourth-order valence-electron chi connectivity index (χ4n) is 3.50. The largest absolute Gasteiger partial charge is 0.493 e. The van der Waals surface area contributed by atoms with Crippen molar-refractivity contribution >= 4 is 17.5 Å². The number of Topliss-reactive ketones (excluding diaryl/α,β-unsaturated/α-hetero) is 1. The number of carbonyl (C=O) groups excluding carboxylic acids is 1. The number of carbonyl (C=O) groups is 1. The van der Waals surface area contributed by atoms with Crippen LogP contribution < -0.4 is 19.3 Å². The topological polar surface area (TPSA) is 80.9 Å². The maximum absolute atomic E-state index is 11.4. The van der Waals surface area contributed by atoms with E-state index in [9.17, 15) is 4.79 Å². The molecule has 156 valence electrons. The van der Waals surface area contributed by atoms with Crippen molar-refractivity contribution in [1.29, 1.82) is 0 Å². The van der Waals surface area contributed by atoms with Crippen LogP contribution in [0.4, 0.5) is 11.7 Å². The van der Waals surface area contributed by atoms with Crippen molar-refractivity contribution in [1.82, 2.24) is 10.1 Å². The van der Waals surface area contributed by atoms with Gasteiger partial charge in [-0.05, 0) is 49.4 Å². The van der Waals surface area contributed by atoms with E-state index in [1.54, 1.807) is 21.1 Å². The molecule has 30 heavy (non-hydrogen) atoms. The van der Waals surface area contributed by atoms with Gasteiger partial charge in [0, 0.05) is 43.0 Å². The summed E-state index contributed by atoms with van der Waals surface area (Å²) in [5, 5.41) is 4.13. The molecule has 1 aliphatic rings. The van der Waals surface area contributed by atoms with Crippen LogP contribution in [0.25, 0.3) is 11.4 Å². The molecule has 1 fully saturated rings. The van der Waals surface area contributed by atoms with Crippen LogP contribution in [0, 0.1) is 0 Å². The van der Waals surface area contributed by atoms with Gasteiger partial charge in [0.1, 0.15) is 0 Å². The Morgan fingerprint density at radius 1 is 0.933 bits per heavy atom. The molecule has 1 saturated heterocycles. The Kier molecular flexibility index (Phi) is 5.56. The molecule has 0 saturated carbocycles. The smallest absolute Gasteiger partial charge is 0.324 e. The van der Waals surface area contributed by atoms with E-state index in [-0.39, 0.29) is 5.78 Å². The molecule has 3 aromatic rings. The Morgan fingerprint density at radius 2 is 1.60 bits per heavy atom. The predicted octanol–water partition coefficient (Wildman–Crippen LogP) is 3.28. The Balaban J connectivity index is 1.42. The number of rotatable bonds is 6. The van der Waals surface area contributed by atoms with Crippen LogP contribution in [0.3, 0.4) is 0 Å². The zero-order valence-corrected chi connectivity index (χ0v) is 17.3. The first-order valence-electron chi connectivity index (χ1n) is 9.76. The Bertz CT molecular complexity index is 1020. The fourth-order valence-corrected chi connectivity index (χ4v) is 3.50. The van der Waals surface area contributed by atoms with Crippen molar-refractivity contribution in [3.05, 3.63) is 48.0 Å². The zero-order valence-electron chi connectivity index (χ0n) is 17.3. The van der Waals surface area contributed by atoms with E-state index in [1.807, 2.05) is 42.5 Å². The van der Waals surface area contributed by atoms with E-state index in [4.69, 9.17) is 14.0 Å². The van der Waals surface area contributed by atoms with Crippen molar-refractivity contribution in [3.63, 3.8) is 0 Å². The van der Waals surface area contributed by atoms with Crippen molar-refractivity contribution in [2.75, 3.05) is 50.2 Å². The van der Waals surface area contributed by atoms with E-state index in [0.717, 1.165) is 43.0 Å². The van der Waals surface area contributed by atoms with Crippen LogP contribution >= 0.6 is 0 Å². The molecule has 4 rings (SSSR count). The highest BCUT2D eigenvalue weighted by molar-refractivity contribution is 5.94. The van der Waals surface area contributed by atoms with E-state index in [1.165, 1.54) is 0 Å². The maximum Gasteiger partial charge on any atom is 0.324 e. The standard InChI is InChI=1S/C22H24N4O4/c1-15(27)16-4-7-18(8-5-16)25-10-12-26(13-11-25)22-23-21(24-30-22)17-6-9-19(28-2)20(14-17)29-3/h4-9,14H,10-13H2,1-3H3. The van der Waals surface area contributed by atoms with Gasteiger partial charge in [-0.25, -0.2) is 0 Å². The summed E-state index contributed by atoms with van der Waals surface area (Å²) >= 11 is 0. The van der Waals surface area contributed by atoms with Crippen LogP contribution in [-0.4, -0.2) is 56.3 Å². The molecule has 0 amide bonds. The van der Waals surface area contributed by atoms with Crippen molar-refractivity contribution in [2.24, 2.45) is 0 Å². The molecule has 8 nitrogen and oxygen atoms in total. The number of anilines is 2. The van der Waals surface area contributed by atoms with Crippen LogP contribution in [0.1, 0.15) is 17.3 Å². The molecule has 0 radical (unpaired) electrons. The first kappa shape index (κ1) is 19.8. The molecule has 8 heteroatoms. The van der Waals surface area contributed by atoms with E-state index >= 15 is 0 Å². The third-order valence-corrected chi connectivity index (χ3v) is 5.25. The average Bonchev–Trinajstić information content (AvgIpc) is 3.29. The summed E-state index contributed by atoms with van der Waals surface area (Å²) in [5.41, 5.74) is 2.63. The second-order valence-electron chi connectivity index (χ2n) is 7.05. The van der Waals surface area contributed by atoms with Crippen LogP contribution in [0.5, 0.6) is 11.5 Å². The van der Waals surface area contributed by atoms with Gasteiger partial charge in [0.05, 0.1) is 14.2 Å². The Labute approximate surface area is 175 Å². The molecular weight excluding hydrogens is 384 g/mol. The minimum absolute atomic E-state index is 0.0769. The van der Waals surface area contributed by atoms with Gasteiger partial charge in [-0.1, -0.05) is 5.16 Å². The van der Waals surface area contributed by atoms with Crippen molar-refractivity contribution in [2.45, 2.75) is 6.92 Å². The quantitative estimate of drug-likeness (QED) is 0.575. The zero-order chi connectivity index (χ0) is 21.1. The third kappa shape index (κ3) is 3.94. The monoisotopic (exact) mass is 408 g/mol. The lowest BCUT2D eigenvalue weighted by molar-refractivity contribution is 0.101. The minimum Gasteiger partial charge on any atom is -0.493 e. The second kappa shape index (κ2) is 8.44. The summed E-state index contributed by atoms with van der Waals surface area (Å²) in [6.07, 6.45) is 0. The first-order chi connectivity index (χ1) is 14.6. The Morgan fingerprint density at radius 3 is 2.23 bits per heavy atom. The number of ether oxygens (including phenoxy) is 2. The summed E-state index contributed by atoms with van der Waals surface area (Å²) < 4.78 is 16.1. The van der Waals surface area contributed by atoms with Crippen molar-refractivity contribution < 1.29 is 18.8 Å². The van der Waals surface area contributed by atoms with Crippen LogP contribution in [0.2, 0.25) is 0 Å². The number of piperazine rings is 1. The predicted molar refractivity (Wildman–Crippen MR) is 114 cm³/mol. The van der Waals surface area contributed by atoms with Gasteiger partial charge in [-0.2, -0.15) is 4.98 Å². The summed E-state index contributed by atoms with van der Waals surface area (Å²) in [6.45, 7) is 4.76. The number of nitrogens with zero attached hydrogens (tertiary/aromatic N) is 4. The number of hydrogen-bond acceptors (Lipinski definition) is 8. The molecule has 0 atom stereocenters. The van der Waals surface area contributed by atoms with Crippen molar-refractivity contribution in [3.8, 4) is 22.9 Å². The first-order valence-corrected chi connectivity index (χ1v) is 9.76. The SMILES string of the molecule is COc1ccc(-c2noc(N3CCN(c4ccc(C(C)=O)cc4)CC3)n2)cc1OC. The summed E-state index contributed by atoms with van der Waals surface area (Å²) in [4.78, 5) is 20.4. The highest BCUT2D eigenvalue weighted by Crippen LogP contribution is 2.32. The third-order valence-electron chi connectivity index (χ3n) is 5.25. The lowest BCUT2D eigenvalue weighted by Crippen LogP contribution is -2.46. The molecule has 0 bridgehead atoms. The molecule has 2 aromatic carbocycles. The van der Waals surface area contributed by atoms with Crippen LogP contribution in [-0.2, 0) is 0 Å². The number of hydrogen-bond donors (Lipinski definition) is 0. The molecule has 1 aromatic heterocycles. The van der Waals surface area contributed by atoms with Gasteiger partial charge in [0.2, 0.25) is 5.82 Å². The maximum atomic E-state index is 11.4. The Hall–Kier alpha value is -3.55. The molecule has 0 aliphatic carbocycles. The molecule has 0 unspecified atom stereocenters. The lowest BCUT2D eigenvalue weighted by atomic mass is 10.1. The van der Waals surface area contributed by atoms with Gasteiger partial charge in [-0.3, -0.25) is 4.79 Å².